The number of aryl methyl sites for hydroxylation is 1. The van der Waals surface area contributed by atoms with Crippen LogP contribution >= 0.6 is 23.2 Å². The monoisotopic (exact) mass is 323 g/mol. The number of benzene rings is 2. The number of esters is 1. The Hall–Kier alpha value is -1.71. The van der Waals surface area contributed by atoms with Gasteiger partial charge in [-0.05, 0) is 42.3 Å². The maximum Gasteiger partial charge on any atom is 0.332 e. The summed E-state index contributed by atoms with van der Waals surface area (Å²) in [6.45, 7) is 1.89. The molecule has 3 nitrogen and oxygen atoms in total. The zero-order valence-corrected chi connectivity index (χ0v) is 13.2. The number of hydrogen-bond acceptors (Lipinski definition) is 3. The van der Waals surface area contributed by atoms with Crippen LogP contribution in [0, 0.1) is 6.92 Å². The van der Waals surface area contributed by atoms with Gasteiger partial charge in [0.15, 0.2) is 6.04 Å². The molecule has 0 saturated heterocycles. The standard InChI is InChI=1S/C16H15Cl2NO2/c1-10-9-11(17)7-8-12(10)15(16(20)21-2)19-14-6-4-3-5-13(14)18/h3-9,15,19H,1-2H3. The molecule has 1 unspecified atom stereocenters. The molecule has 0 bridgehead atoms. The summed E-state index contributed by atoms with van der Waals surface area (Å²) >= 11 is 12.1. The Kier molecular flexibility index (Phi) is 5.10. The smallest absolute Gasteiger partial charge is 0.332 e. The molecule has 0 saturated carbocycles. The Morgan fingerprint density at radius 1 is 1.19 bits per heavy atom. The lowest BCUT2D eigenvalue weighted by Gasteiger charge is -2.20. The van der Waals surface area contributed by atoms with Crippen molar-refractivity contribution in [2.45, 2.75) is 13.0 Å². The molecule has 1 N–H and O–H groups in total. The Morgan fingerprint density at radius 3 is 2.52 bits per heavy atom. The van der Waals surface area contributed by atoms with Gasteiger partial charge < -0.3 is 10.1 Å². The van der Waals surface area contributed by atoms with Gasteiger partial charge in [-0.2, -0.15) is 0 Å². The Labute approximate surface area is 133 Å². The summed E-state index contributed by atoms with van der Waals surface area (Å²) in [5, 5.41) is 4.29. The average Bonchev–Trinajstić information content (AvgIpc) is 2.46. The number of halogens is 2. The van der Waals surface area contributed by atoms with Gasteiger partial charge in [-0.3, -0.25) is 0 Å². The van der Waals surface area contributed by atoms with E-state index in [2.05, 4.69) is 5.32 Å². The maximum absolute atomic E-state index is 12.1. The number of methoxy groups -OCH3 is 1. The molecular weight excluding hydrogens is 309 g/mol. The van der Waals surface area contributed by atoms with Crippen LogP contribution in [0.3, 0.4) is 0 Å². The highest BCUT2D eigenvalue weighted by molar-refractivity contribution is 6.33. The van der Waals surface area contributed by atoms with Crippen LogP contribution in [-0.2, 0) is 9.53 Å². The molecule has 0 fully saturated rings. The van der Waals surface area contributed by atoms with Crippen molar-refractivity contribution in [2.24, 2.45) is 0 Å². The molecule has 21 heavy (non-hydrogen) atoms. The minimum atomic E-state index is -0.646. The highest BCUT2D eigenvalue weighted by Crippen LogP contribution is 2.29. The van der Waals surface area contributed by atoms with Crippen molar-refractivity contribution in [1.29, 1.82) is 0 Å². The first kappa shape index (κ1) is 15.7. The number of carbonyl (C=O) groups excluding carboxylic acids is 1. The summed E-state index contributed by atoms with van der Waals surface area (Å²) in [4.78, 5) is 12.1. The molecule has 110 valence electrons. The molecule has 2 rings (SSSR count). The second-order valence-electron chi connectivity index (χ2n) is 4.58. The molecule has 0 aliphatic carbocycles. The molecule has 5 heteroatoms. The summed E-state index contributed by atoms with van der Waals surface area (Å²) < 4.78 is 4.89. The van der Waals surface area contributed by atoms with E-state index in [-0.39, 0.29) is 5.97 Å². The van der Waals surface area contributed by atoms with Gasteiger partial charge in [0.05, 0.1) is 17.8 Å². The van der Waals surface area contributed by atoms with E-state index < -0.39 is 6.04 Å². The van der Waals surface area contributed by atoms with Gasteiger partial charge in [0, 0.05) is 5.02 Å². The number of para-hydroxylation sites is 1. The van der Waals surface area contributed by atoms with Crippen molar-refractivity contribution in [1.82, 2.24) is 0 Å². The molecular formula is C16H15Cl2NO2. The highest BCUT2D eigenvalue weighted by atomic mass is 35.5. The number of ether oxygens (including phenoxy) is 1. The van der Waals surface area contributed by atoms with Gasteiger partial charge in [-0.25, -0.2) is 4.79 Å². The summed E-state index contributed by atoms with van der Waals surface area (Å²) in [5.41, 5.74) is 2.37. The van der Waals surface area contributed by atoms with Crippen molar-refractivity contribution >= 4 is 34.9 Å². The van der Waals surface area contributed by atoms with Crippen molar-refractivity contribution in [2.75, 3.05) is 12.4 Å². The molecule has 0 amide bonds. The quantitative estimate of drug-likeness (QED) is 0.834. The van der Waals surface area contributed by atoms with Crippen LogP contribution in [0.15, 0.2) is 42.5 Å². The second kappa shape index (κ2) is 6.83. The van der Waals surface area contributed by atoms with Gasteiger partial charge in [0.2, 0.25) is 0 Å². The van der Waals surface area contributed by atoms with E-state index >= 15 is 0 Å². The van der Waals surface area contributed by atoms with Crippen LogP contribution in [-0.4, -0.2) is 13.1 Å². The number of anilines is 1. The zero-order chi connectivity index (χ0) is 15.4. The Morgan fingerprint density at radius 2 is 1.90 bits per heavy atom. The lowest BCUT2D eigenvalue weighted by molar-refractivity contribution is -0.141. The Bertz CT molecular complexity index is 658. The van der Waals surface area contributed by atoms with Crippen LogP contribution in [0.5, 0.6) is 0 Å². The lowest BCUT2D eigenvalue weighted by Crippen LogP contribution is -2.23. The molecule has 0 aliphatic rings. The Balaban J connectivity index is 2.40. The normalized spacial score (nSPS) is 11.8. The number of nitrogens with one attached hydrogen (secondary N) is 1. The molecule has 0 spiro atoms. The summed E-state index contributed by atoms with van der Waals surface area (Å²) in [7, 11) is 1.36. The van der Waals surface area contributed by atoms with Crippen LogP contribution in [0.1, 0.15) is 17.2 Å². The fourth-order valence-corrected chi connectivity index (χ4v) is 2.50. The molecule has 2 aromatic rings. The third kappa shape index (κ3) is 3.69. The van der Waals surface area contributed by atoms with Crippen molar-refractivity contribution in [3.05, 3.63) is 63.6 Å². The minimum absolute atomic E-state index is 0.389. The number of hydrogen-bond donors (Lipinski definition) is 1. The van der Waals surface area contributed by atoms with E-state index in [1.54, 1.807) is 18.2 Å². The van der Waals surface area contributed by atoms with E-state index in [9.17, 15) is 4.79 Å². The van der Waals surface area contributed by atoms with E-state index in [1.165, 1.54) is 7.11 Å². The first-order chi connectivity index (χ1) is 10.0. The van der Waals surface area contributed by atoms with Gasteiger partial charge >= 0.3 is 5.97 Å². The van der Waals surface area contributed by atoms with Crippen LogP contribution < -0.4 is 5.32 Å². The first-order valence-corrected chi connectivity index (χ1v) is 7.13. The minimum Gasteiger partial charge on any atom is -0.467 e. The second-order valence-corrected chi connectivity index (χ2v) is 5.42. The highest BCUT2D eigenvalue weighted by Gasteiger charge is 2.23. The van der Waals surface area contributed by atoms with Crippen LogP contribution in [0.4, 0.5) is 5.69 Å². The maximum atomic E-state index is 12.1. The topological polar surface area (TPSA) is 38.3 Å². The van der Waals surface area contributed by atoms with Crippen molar-refractivity contribution in [3.63, 3.8) is 0 Å². The van der Waals surface area contributed by atoms with Crippen molar-refractivity contribution < 1.29 is 9.53 Å². The van der Waals surface area contributed by atoms with Gasteiger partial charge in [-0.1, -0.05) is 41.4 Å². The summed E-state index contributed by atoms with van der Waals surface area (Å²) in [6.07, 6.45) is 0. The number of carbonyl (C=O) groups is 1. The SMILES string of the molecule is COC(=O)C(Nc1ccccc1Cl)c1ccc(Cl)cc1C. The fraction of sp³-hybridized carbons (Fsp3) is 0.188. The fourth-order valence-electron chi connectivity index (χ4n) is 2.08. The lowest BCUT2D eigenvalue weighted by atomic mass is 10.0. The van der Waals surface area contributed by atoms with Crippen LogP contribution in [0.25, 0.3) is 0 Å². The predicted molar refractivity (Wildman–Crippen MR) is 86.0 cm³/mol. The van der Waals surface area contributed by atoms with Crippen molar-refractivity contribution in [3.8, 4) is 0 Å². The van der Waals surface area contributed by atoms with E-state index in [0.717, 1.165) is 11.1 Å². The molecule has 2 aromatic carbocycles. The van der Waals surface area contributed by atoms with E-state index in [0.29, 0.717) is 15.7 Å². The first-order valence-electron chi connectivity index (χ1n) is 6.38. The van der Waals surface area contributed by atoms with E-state index in [1.807, 2.05) is 31.2 Å². The third-order valence-corrected chi connectivity index (χ3v) is 3.72. The third-order valence-electron chi connectivity index (χ3n) is 3.15. The molecule has 0 aliphatic heterocycles. The molecule has 0 radical (unpaired) electrons. The van der Waals surface area contributed by atoms with E-state index in [4.69, 9.17) is 27.9 Å². The predicted octanol–water partition coefficient (Wildman–Crippen LogP) is 4.63. The van der Waals surface area contributed by atoms with Crippen LogP contribution in [0.2, 0.25) is 10.0 Å². The molecule has 0 aromatic heterocycles. The van der Waals surface area contributed by atoms with Gasteiger partial charge in [-0.15, -0.1) is 0 Å². The summed E-state index contributed by atoms with van der Waals surface area (Å²) in [6, 6.07) is 12.0. The van der Waals surface area contributed by atoms with Gasteiger partial charge in [0.25, 0.3) is 0 Å². The average molecular weight is 324 g/mol. The zero-order valence-electron chi connectivity index (χ0n) is 11.7. The largest absolute Gasteiger partial charge is 0.467 e. The molecule has 1 atom stereocenters. The summed E-state index contributed by atoms with van der Waals surface area (Å²) in [5.74, 6) is -0.389. The van der Waals surface area contributed by atoms with Gasteiger partial charge in [0.1, 0.15) is 0 Å². The molecule has 0 heterocycles. The number of rotatable bonds is 4.